The number of nitrogen functional groups attached to an aromatic ring is 1. The lowest BCUT2D eigenvalue weighted by molar-refractivity contribution is 0.251. The number of nitrogens with two attached hydrogens (primary N) is 1. The van der Waals surface area contributed by atoms with Gasteiger partial charge in [0.15, 0.2) is 11.5 Å². The van der Waals surface area contributed by atoms with E-state index in [1.165, 1.54) is 0 Å². The van der Waals surface area contributed by atoms with Crippen LogP contribution in [0.25, 0.3) is 0 Å². The van der Waals surface area contributed by atoms with Crippen LogP contribution in [-0.2, 0) is 6.54 Å². The predicted molar refractivity (Wildman–Crippen MR) is 86.3 cm³/mol. The van der Waals surface area contributed by atoms with Crippen molar-refractivity contribution in [3.8, 4) is 11.5 Å². The fourth-order valence-electron chi connectivity index (χ4n) is 1.91. The van der Waals surface area contributed by atoms with Gasteiger partial charge in [-0.2, -0.15) is 0 Å². The molecule has 0 unspecified atom stereocenters. The van der Waals surface area contributed by atoms with Crippen LogP contribution < -0.4 is 25.8 Å². The third-order valence-electron chi connectivity index (χ3n) is 3.07. The third kappa shape index (κ3) is 4.05. The first kappa shape index (κ1) is 15.5. The molecule has 0 saturated heterocycles. The molecule has 0 saturated carbocycles. The van der Waals surface area contributed by atoms with Crippen molar-refractivity contribution in [1.82, 2.24) is 5.32 Å². The van der Waals surface area contributed by atoms with Crippen LogP contribution in [0.15, 0.2) is 42.5 Å². The molecule has 0 aliphatic heterocycles. The summed E-state index contributed by atoms with van der Waals surface area (Å²) in [4.78, 5) is 11.8. The van der Waals surface area contributed by atoms with Gasteiger partial charge in [-0.15, -0.1) is 0 Å². The molecule has 0 bridgehead atoms. The van der Waals surface area contributed by atoms with E-state index in [-0.39, 0.29) is 6.03 Å². The molecular weight excluding hydrogens is 282 g/mol. The Morgan fingerprint density at radius 1 is 1.05 bits per heavy atom. The zero-order chi connectivity index (χ0) is 15.9. The lowest BCUT2D eigenvalue weighted by Gasteiger charge is -2.11. The van der Waals surface area contributed by atoms with Gasteiger partial charge < -0.3 is 25.8 Å². The van der Waals surface area contributed by atoms with E-state index in [4.69, 9.17) is 15.2 Å². The van der Waals surface area contributed by atoms with Crippen molar-refractivity contribution in [3.05, 3.63) is 48.0 Å². The Bertz CT molecular complexity index is 642. The molecule has 2 aromatic rings. The lowest BCUT2D eigenvalue weighted by Crippen LogP contribution is -2.28. The number of methoxy groups -OCH3 is 2. The molecule has 0 aliphatic rings. The molecule has 0 aromatic heterocycles. The fourth-order valence-corrected chi connectivity index (χ4v) is 1.91. The van der Waals surface area contributed by atoms with Gasteiger partial charge >= 0.3 is 6.03 Å². The highest BCUT2D eigenvalue weighted by atomic mass is 16.5. The van der Waals surface area contributed by atoms with Crippen LogP contribution in [0.2, 0.25) is 0 Å². The minimum absolute atomic E-state index is 0.292. The summed E-state index contributed by atoms with van der Waals surface area (Å²) in [7, 11) is 3.15. The van der Waals surface area contributed by atoms with E-state index < -0.39 is 0 Å². The maximum Gasteiger partial charge on any atom is 0.319 e. The highest BCUT2D eigenvalue weighted by Gasteiger charge is 2.06. The van der Waals surface area contributed by atoms with Crippen LogP contribution in [0.3, 0.4) is 0 Å². The molecular formula is C16H19N3O3. The average Bonchev–Trinajstić information content (AvgIpc) is 2.54. The van der Waals surface area contributed by atoms with Crippen LogP contribution >= 0.6 is 0 Å². The second-order valence-corrected chi connectivity index (χ2v) is 4.62. The van der Waals surface area contributed by atoms with Crippen LogP contribution in [0.1, 0.15) is 5.56 Å². The smallest absolute Gasteiger partial charge is 0.319 e. The molecule has 0 fully saturated rings. The SMILES string of the molecule is COc1ccc(CNC(=O)Nc2ccc(N)cc2)cc1OC. The van der Waals surface area contributed by atoms with Gasteiger partial charge in [-0.1, -0.05) is 6.07 Å². The number of urea groups is 1. The van der Waals surface area contributed by atoms with Crippen molar-refractivity contribution in [1.29, 1.82) is 0 Å². The van der Waals surface area contributed by atoms with Crippen LogP contribution in [0, 0.1) is 0 Å². The van der Waals surface area contributed by atoms with E-state index in [1.54, 1.807) is 44.6 Å². The highest BCUT2D eigenvalue weighted by Crippen LogP contribution is 2.27. The fraction of sp³-hybridized carbons (Fsp3) is 0.188. The van der Waals surface area contributed by atoms with Crippen molar-refractivity contribution in [2.24, 2.45) is 0 Å². The van der Waals surface area contributed by atoms with Gasteiger partial charge in [0.1, 0.15) is 0 Å². The number of hydrogen-bond acceptors (Lipinski definition) is 4. The molecule has 2 rings (SSSR count). The average molecular weight is 301 g/mol. The summed E-state index contributed by atoms with van der Waals surface area (Å²) < 4.78 is 10.4. The van der Waals surface area contributed by atoms with Crippen LogP contribution in [0.4, 0.5) is 16.2 Å². The molecule has 6 heteroatoms. The molecule has 0 heterocycles. The Labute approximate surface area is 129 Å². The van der Waals surface area contributed by atoms with Gasteiger partial charge in [0.05, 0.1) is 14.2 Å². The van der Waals surface area contributed by atoms with Crippen molar-refractivity contribution in [2.75, 3.05) is 25.3 Å². The van der Waals surface area contributed by atoms with Gasteiger partial charge in [-0.25, -0.2) is 4.79 Å². The normalized spacial score (nSPS) is 9.91. The third-order valence-corrected chi connectivity index (χ3v) is 3.07. The summed E-state index contributed by atoms with van der Waals surface area (Å²) >= 11 is 0. The quantitative estimate of drug-likeness (QED) is 0.741. The van der Waals surface area contributed by atoms with Gasteiger partial charge in [0.2, 0.25) is 0 Å². The first-order valence-corrected chi connectivity index (χ1v) is 6.73. The topological polar surface area (TPSA) is 85.6 Å². The minimum Gasteiger partial charge on any atom is -0.493 e. The Balaban J connectivity index is 1.92. The van der Waals surface area contributed by atoms with Crippen molar-refractivity contribution in [2.45, 2.75) is 6.54 Å². The molecule has 2 amide bonds. The molecule has 116 valence electrons. The first-order valence-electron chi connectivity index (χ1n) is 6.73. The number of amides is 2. The zero-order valence-corrected chi connectivity index (χ0v) is 12.6. The minimum atomic E-state index is -0.292. The Kier molecular flexibility index (Phi) is 5.08. The Morgan fingerprint density at radius 2 is 1.73 bits per heavy atom. The molecule has 2 aromatic carbocycles. The standard InChI is InChI=1S/C16H19N3O3/c1-21-14-8-3-11(9-15(14)22-2)10-18-16(20)19-13-6-4-12(17)5-7-13/h3-9H,10,17H2,1-2H3,(H2,18,19,20). The van der Waals surface area contributed by atoms with Gasteiger partial charge in [-0.3, -0.25) is 0 Å². The number of carbonyl (C=O) groups is 1. The molecule has 22 heavy (non-hydrogen) atoms. The molecule has 0 atom stereocenters. The van der Waals surface area contributed by atoms with Gasteiger partial charge in [0.25, 0.3) is 0 Å². The van der Waals surface area contributed by atoms with E-state index in [9.17, 15) is 4.79 Å². The highest BCUT2D eigenvalue weighted by molar-refractivity contribution is 5.89. The second kappa shape index (κ2) is 7.21. The molecule has 4 N–H and O–H groups in total. The summed E-state index contributed by atoms with van der Waals surface area (Å²) in [5.74, 6) is 1.28. The van der Waals surface area contributed by atoms with Crippen molar-refractivity contribution < 1.29 is 14.3 Å². The second-order valence-electron chi connectivity index (χ2n) is 4.62. The van der Waals surface area contributed by atoms with E-state index >= 15 is 0 Å². The molecule has 0 aliphatic carbocycles. The number of carbonyl (C=O) groups excluding carboxylic acids is 1. The molecule has 0 spiro atoms. The first-order chi connectivity index (χ1) is 10.6. The number of ether oxygens (including phenoxy) is 2. The predicted octanol–water partition coefficient (Wildman–Crippen LogP) is 2.61. The number of benzene rings is 2. The Morgan fingerprint density at radius 3 is 2.36 bits per heavy atom. The maximum absolute atomic E-state index is 11.8. The van der Waals surface area contributed by atoms with Crippen molar-refractivity contribution in [3.63, 3.8) is 0 Å². The van der Waals surface area contributed by atoms with Gasteiger partial charge in [0, 0.05) is 17.9 Å². The summed E-state index contributed by atoms with van der Waals surface area (Å²) in [6.45, 7) is 0.376. The molecule has 0 radical (unpaired) electrons. The zero-order valence-electron chi connectivity index (χ0n) is 12.6. The summed E-state index contributed by atoms with van der Waals surface area (Å²) in [6, 6.07) is 12.1. The molecule has 6 nitrogen and oxygen atoms in total. The summed E-state index contributed by atoms with van der Waals surface area (Å²) in [6.07, 6.45) is 0. The van der Waals surface area contributed by atoms with Crippen LogP contribution in [-0.4, -0.2) is 20.3 Å². The number of rotatable bonds is 5. The van der Waals surface area contributed by atoms with Crippen LogP contribution in [0.5, 0.6) is 11.5 Å². The largest absolute Gasteiger partial charge is 0.493 e. The lowest BCUT2D eigenvalue weighted by atomic mass is 10.2. The monoisotopic (exact) mass is 301 g/mol. The van der Waals surface area contributed by atoms with Crippen molar-refractivity contribution >= 4 is 17.4 Å². The Hall–Kier alpha value is -2.89. The summed E-state index contributed by atoms with van der Waals surface area (Å²) in [5, 5.41) is 5.50. The summed E-state index contributed by atoms with van der Waals surface area (Å²) in [5.41, 5.74) is 7.83. The van der Waals surface area contributed by atoms with E-state index in [0.29, 0.717) is 29.4 Å². The van der Waals surface area contributed by atoms with Gasteiger partial charge in [-0.05, 0) is 42.0 Å². The van der Waals surface area contributed by atoms with E-state index in [0.717, 1.165) is 5.56 Å². The number of hydrogen-bond donors (Lipinski definition) is 3. The van der Waals surface area contributed by atoms with E-state index in [2.05, 4.69) is 10.6 Å². The van der Waals surface area contributed by atoms with E-state index in [1.807, 2.05) is 12.1 Å². The number of anilines is 2. The number of nitrogens with one attached hydrogen (secondary N) is 2. The maximum atomic E-state index is 11.8.